The summed E-state index contributed by atoms with van der Waals surface area (Å²) in [5, 5.41) is 13.9. The Kier molecular flexibility index (Phi) is 4.78. The molecule has 0 aromatic heterocycles. The number of rotatable bonds is 4. The molecule has 1 amide bonds. The maximum Gasteiger partial charge on any atom is 0.271 e. The van der Waals surface area contributed by atoms with Gasteiger partial charge in [0, 0.05) is 29.6 Å². The molecule has 136 valence electrons. The first kappa shape index (κ1) is 18.1. The minimum Gasteiger partial charge on any atom is -0.322 e. The molecule has 2 aromatic carbocycles. The summed E-state index contributed by atoms with van der Waals surface area (Å²) in [5.74, 6) is -0.572. The molecule has 1 aliphatic rings. The molecule has 0 radical (unpaired) electrons. The van der Waals surface area contributed by atoms with E-state index in [0.29, 0.717) is 5.69 Å². The standard InChI is InChI=1S/C18H18N2O5S/c1-26(24,25)15-10-13(9-14(11-15)20(22)23)18(21)19-17-8-4-6-12-5-2-3-7-16(12)17/h4,6,8-11H,2-3,5,7H2,1H3,(H,19,21). The molecule has 0 heterocycles. The Morgan fingerprint density at radius 1 is 1.15 bits per heavy atom. The Balaban J connectivity index is 1.98. The number of aryl methyl sites for hydroxylation is 1. The number of nitrogens with zero attached hydrogens (tertiary/aromatic N) is 1. The maximum absolute atomic E-state index is 12.6. The first-order valence-corrected chi connectivity index (χ1v) is 10.1. The SMILES string of the molecule is CS(=O)(=O)c1cc(C(=O)Nc2cccc3c2CCCC3)cc([N+](=O)[O-])c1. The van der Waals surface area contributed by atoms with Gasteiger partial charge in [0.25, 0.3) is 11.6 Å². The summed E-state index contributed by atoms with van der Waals surface area (Å²) in [6.07, 6.45) is 4.90. The molecule has 1 N–H and O–H groups in total. The monoisotopic (exact) mass is 374 g/mol. The van der Waals surface area contributed by atoms with Gasteiger partial charge >= 0.3 is 0 Å². The van der Waals surface area contributed by atoms with Crippen molar-refractivity contribution in [2.45, 2.75) is 30.6 Å². The van der Waals surface area contributed by atoms with Gasteiger partial charge in [0.15, 0.2) is 9.84 Å². The maximum atomic E-state index is 12.6. The third-order valence-electron chi connectivity index (χ3n) is 4.44. The molecule has 8 heteroatoms. The fourth-order valence-electron chi connectivity index (χ4n) is 3.13. The third-order valence-corrected chi connectivity index (χ3v) is 5.53. The second-order valence-corrected chi connectivity index (χ2v) is 8.37. The van der Waals surface area contributed by atoms with Crippen LogP contribution in [-0.2, 0) is 22.7 Å². The highest BCUT2D eigenvalue weighted by Gasteiger charge is 2.20. The Labute approximate surface area is 151 Å². The molecule has 0 aliphatic heterocycles. The third kappa shape index (κ3) is 3.75. The highest BCUT2D eigenvalue weighted by atomic mass is 32.2. The van der Waals surface area contributed by atoms with E-state index in [9.17, 15) is 23.3 Å². The second kappa shape index (κ2) is 6.87. The largest absolute Gasteiger partial charge is 0.322 e. The normalized spacial score (nSPS) is 13.7. The van der Waals surface area contributed by atoms with Crippen molar-refractivity contribution in [2.24, 2.45) is 0 Å². The summed E-state index contributed by atoms with van der Waals surface area (Å²) < 4.78 is 23.6. The van der Waals surface area contributed by atoms with Crippen molar-refractivity contribution in [3.63, 3.8) is 0 Å². The number of hydrogen-bond acceptors (Lipinski definition) is 5. The quantitative estimate of drug-likeness (QED) is 0.654. The Morgan fingerprint density at radius 2 is 1.88 bits per heavy atom. The topological polar surface area (TPSA) is 106 Å². The predicted molar refractivity (Wildman–Crippen MR) is 97.2 cm³/mol. The van der Waals surface area contributed by atoms with Crippen LogP contribution in [0.2, 0.25) is 0 Å². The zero-order valence-electron chi connectivity index (χ0n) is 14.2. The van der Waals surface area contributed by atoms with Crippen molar-refractivity contribution < 1.29 is 18.1 Å². The number of fused-ring (bicyclic) bond motifs is 1. The number of non-ortho nitro benzene ring substituents is 1. The molecule has 0 saturated heterocycles. The molecule has 0 fully saturated rings. The summed E-state index contributed by atoms with van der Waals surface area (Å²) in [6.45, 7) is 0. The van der Waals surface area contributed by atoms with Crippen molar-refractivity contribution in [1.82, 2.24) is 0 Å². The van der Waals surface area contributed by atoms with Crippen molar-refractivity contribution in [2.75, 3.05) is 11.6 Å². The van der Waals surface area contributed by atoms with Crippen molar-refractivity contribution in [1.29, 1.82) is 0 Å². The first-order chi connectivity index (χ1) is 12.3. The zero-order chi connectivity index (χ0) is 18.9. The van der Waals surface area contributed by atoms with Crippen molar-refractivity contribution in [3.05, 3.63) is 63.2 Å². The van der Waals surface area contributed by atoms with Gasteiger partial charge in [-0.3, -0.25) is 14.9 Å². The van der Waals surface area contributed by atoms with Crippen LogP contribution in [0.5, 0.6) is 0 Å². The molecule has 26 heavy (non-hydrogen) atoms. The van der Waals surface area contributed by atoms with Crippen LogP contribution >= 0.6 is 0 Å². The van der Waals surface area contributed by atoms with Crippen LogP contribution in [0.1, 0.15) is 34.3 Å². The number of amides is 1. The molecule has 7 nitrogen and oxygen atoms in total. The van der Waals surface area contributed by atoms with E-state index in [1.807, 2.05) is 12.1 Å². The fourth-order valence-corrected chi connectivity index (χ4v) is 3.80. The van der Waals surface area contributed by atoms with E-state index in [1.54, 1.807) is 6.07 Å². The van der Waals surface area contributed by atoms with E-state index < -0.39 is 26.4 Å². The van der Waals surface area contributed by atoms with Gasteiger partial charge in [0.05, 0.1) is 9.82 Å². The average molecular weight is 374 g/mol. The Hall–Kier alpha value is -2.74. The molecule has 3 rings (SSSR count). The lowest BCUT2D eigenvalue weighted by Crippen LogP contribution is -2.16. The van der Waals surface area contributed by atoms with Gasteiger partial charge < -0.3 is 5.32 Å². The smallest absolute Gasteiger partial charge is 0.271 e. The highest BCUT2D eigenvalue weighted by Crippen LogP contribution is 2.29. The molecule has 0 unspecified atom stereocenters. The van der Waals surface area contributed by atoms with E-state index in [2.05, 4.69) is 5.32 Å². The van der Waals surface area contributed by atoms with E-state index in [1.165, 1.54) is 5.56 Å². The van der Waals surface area contributed by atoms with Crippen LogP contribution in [0.3, 0.4) is 0 Å². The minimum absolute atomic E-state index is 0.0620. The summed E-state index contributed by atoms with van der Waals surface area (Å²) in [4.78, 5) is 22.7. The van der Waals surface area contributed by atoms with Gasteiger partial charge in [0.2, 0.25) is 0 Å². The lowest BCUT2D eigenvalue weighted by molar-refractivity contribution is -0.385. The van der Waals surface area contributed by atoms with E-state index in [-0.39, 0.29) is 10.5 Å². The van der Waals surface area contributed by atoms with E-state index in [4.69, 9.17) is 0 Å². The van der Waals surface area contributed by atoms with Gasteiger partial charge in [-0.2, -0.15) is 0 Å². The van der Waals surface area contributed by atoms with Crippen LogP contribution in [0.25, 0.3) is 0 Å². The molecule has 2 aromatic rings. The van der Waals surface area contributed by atoms with Crippen LogP contribution in [0.15, 0.2) is 41.3 Å². The molecule has 1 aliphatic carbocycles. The number of carbonyl (C=O) groups is 1. The minimum atomic E-state index is -3.69. The number of nitro benzene ring substituents is 1. The fraction of sp³-hybridized carbons (Fsp3) is 0.278. The van der Waals surface area contributed by atoms with E-state index in [0.717, 1.165) is 55.7 Å². The molecule has 0 spiro atoms. The van der Waals surface area contributed by atoms with Crippen LogP contribution in [-0.4, -0.2) is 25.5 Å². The molecular weight excluding hydrogens is 356 g/mol. The van der Waals surface area contributed by atoms with Gasteiger partial charge in [0.1, 0.15) is 0 Å². The first-order valence-electron chi connectivity index (χ1n) is 8.17. The molecule has 0 bridgehead atoms. The van der Waals surface area contributed by atoms with Gasteiger partial charge in [-0.25, -0.2) is 8.42 Å². The molecular formula is C18H18N2O5S. The number of nitrogens with one attached hydrogen (secondary N) is 1. The van der Waals surface area contributed by atoms with Crippen molar-refractivity contribution in [3.8, 4) is 0 Å². The number of nitro groups is 1. The summed E-state index contributed by atoms with van der Waals surface area (Å²) >= 11 is 0. The van der Waals surface area contributed by atoms with Crippen LogP contribution in [0, 0.1) is 10.1 Å². The summed E-state index contributed by atoms with van der Waals surface area (Å²) in [5.41, 5.74) is 2.42. The Bertz CT molecular complexity index is 999. The molecule has 0 saturated carbocycles. The Morgan fingerprint density at radius 3 is 2.58 bits per heavy atom. The number of benzene rings is 2. The lowest BCUT2D eigenvalue weighted by Gasteiger charge is -2.19. The number of sulfone groups is 1. The van der Waals surface area contributed by atoms with Gasteiger partial charge in [-0.1, -0.05) is 12.1 Å². The zero-order valence-corrected chi connectivity index (χ0v) is 15.0. The number of anilines is 1. The second-order valence-electron chi connectivity index (χ2n) is 6.35. The number of hydrogen-bond donors (Lipinski definition) is 1. The van der Waals surface area contributed by atoms with E-state index >= 15 is 0 Å². The van der Waals surface area contributed by atoms with Gasteiger partial charge in [-0.05, 0) is 48.9 Å². The average Bonchev–Trinajstić information content (AvgIpc) is 2.61. The summed E-state index contributed by atoms with van der Waals surface area (Å²) in [7, 11) is -3.69. The molecule has 0 atom stereocenters. The summed E-state index contributed by atoms with van der Waals surface area (Å²) in [6, 6.07) is 8.87. The van der Waals surface area contributed by atoms with Gasteiger partial charge in [-0.15, -0.1) is 0 Å². The highest BCUT2D eigenvalue weighted by molar-refractivity contribution is 7.90. The number of carbonyl (C=O) groups excluding carboxylic acids is 1. The lowest BCUT2D eigenvalue weighted by atomic mass is 9.90. The van der Waals surface area contributed by atoms with Crippen LogP contribution < -0.4 is 5.32 Å². The predicted octanol–water partition coefficient (Wildman–Crippen LogP) is 3.13. The van der Waals surface area contributed by atoms with Crippen molar-refractivity contribution >= 4 is 27.1 Å². The van der Waals surface area contributed by atoms with Crippen LogP contribution in [0.4, 0.5) is 11.4 Å².